The second-order valence-corrected chi connectivity index (χ2v) is 5.27. The van der Waals surface area contributed by atoms with E-state index < -0.39 is 5.91 Å². The van der Waals surface area contributed by atoms with E-state index in [-0.39, 0.29) is 6.04 Å². The first kappa shape index (κ1) is 13.6. The van der Waals surface area contributed by atoms with Crippen LogP contribution in [0, 0.1) is 0 Å². The third-order valence-corrected chi connectivity index (χ3v) is 3.69. The minimum atomic E-state index is -0.405. The third-order valence-electron chi connectivity index (χ3n) is 3.69. The SMILES string of the molecule is NC(=O)c1ccc2c(c1)C[C@H](NCc1ccccc1)CO2. The van der Waals surface area contributed by atoms with Crippen LogP contribution in [0.15, 0.2) is 48.5 Å². The summed E-state index contributed by atoms with van der Waals surface area (Å²) in [4.78, 5) is 11.2. The monoisotopic (exact) mass is 282 g/mol. The molecule has 3 N–H and O–H groups in total. The Morgan fingerprint density at radius 1 is 1.24 bits per heavy atom. The summed E-state index contributed by atoms with van der Waals surface area (Å²) >= 11 is 0. The Hall–Kier alpha value is -2.33. The van der Waals surface area contributed by atoms with Gasteiger partial charge in [0.15, 0.2) is 0 Å². The molecule has 1 amide bonds. The van der Waals surface area contributed by atoms with Gasteiger partial charge in [-0.1, -0.05) is 30.3 Å². The first-order chi connectivity index (χ1) is 10.2. The highest BCUT2D eigenvalue weighted by atomic mass is 16.5. The molecule has 4 heteroatoms. The highest BCUT2D eigenvalue weighted by molar-refractivity contribution is 5.93. The average molecular weight is 282 g/mol. The van der Waals surface area contributed by atoms with Gasteiger partial charge in [-0.05, 0) is 35.7 Å². The van der Waals surface area contributed by atoms with Gasteiger partial charge in [0.1, 0.15) is 12.4 Å². The lowest BCUT2D eigenvalue weighted by Gasteiger charge is -2.26. The molecule has 21 heavy (non-hydrogen) atoms. The van der Waals surface area contributed by atoms with Crippen LogP contribution in [-0.4, -0.2) is 18.6 Å². The summed E-state index contributed by atoms with van der Waals surface area (Å²) in [7, 11) is 0. The maximum absolute atomic E-state index is 11.2. The molecular weight excluding hydrogens is 264 g/mol. The fourth-order valence-corrected chi connectivity index (χ4v) is 2.54. The summed E-state index contributed by atoms with van der Waals surface area (Å²) < 4.78 is 5.74. The van der Waals surface area contributed by atoms with Crippen molar-refractivity contribution in [2.45, 2.75) is 19.0 Å². The lowest BCUT2D eigenvalue weighted by molar-refractivity contribution is 0.1000. The molecule has 1 atom stereocenters. The van der Waals surface area contributed by atoms with Crippen LogP contribution in [-0.2, 0) is 13.0 Å². The van der Waals surface area contributed by atoms with E-state index in [0.29, 0.717) is 12.2 Å². The number of hydrogen-bond acceptors (Lipinski definition) is 3. The first-order valence-corrected chi connectivity index (χ1v) is 7.05. The van der Waals surface area contributed by atoms with E-state index in [4.69, 9.17) is 10.5 Å². The maximum atomic E-state index is 11.2. The van der Waals surface area contributed by atoms with Gasteiger partial charge in [0.25, 0.3) is 0 Å². The number of nitrogens with two attached hydrogens (primary N) is 1. The van der Waals surface area contributed by atoms with E-state index in [0.717, 1.165) is 24.3 Å². The Morgan fingerprint density at radius 2 is 2.05 bits per heavy atom. The average Bonchev–Trinajstić information content (AvgIpc) is 2.53. The Morgan fingerprint density at radius 3 is 2.81 bits per heavy atom. The zero-order chi connectivity index (χ0) is 14.7. The predicted octanol–water partition coefficient (Wildman–Crippen LogP) is 1.88. The molecule has 0 unspecified atom stereocenters. The largest absolute Gasteiger partial charge is 0.492 e. The Kier molecular flexibility index (Phi) is 3.88. The Labute approximate surface area is 123 Å². The topological polar surface area (TPSA) is 64.4 Å². The van der Waals surface area contributed by atoms with Gasteiger partial charge in [0.05, 0.1) is 0 Å². The molecule has 0 spiro atoms. The molecule has 1 aliphatic heterocycles. The molecule has 2 aromatic carbocycles. The van der Waals surface area contributed by atoms with Gasteiger partial charge in [-0.15, -0.1) is 0 Å². The third kappa shape index (κ3) is 3.23. The quantitative estimate of drug-likeness (QED) is 0.900. The normalized spacial score (nSPS) is 16.9. The van der Waals surface area contributed by atoms with Crippen molar-refractivity contribution < 1.29 is 9.53 Å². The molecular formula is C17H18N2O2. The molecule has 0 saturated carbocycles. The number of ether oxygens (including phenoxy) is 1. The van der Waals surface area contributed by atoms with Crippen molar-refractivity contribution in [2.24, 2.45) is 5.73 Å². The van der Waals surface area contributed by atoms with E-state index in [1.54, 1.807) is 6.07 Å². The van der Waals surface area contributed by atoms with E-state index in [9.17, 15) is 4.79 Å². The molecule has 0 aliphatic carbocycles. The van der Waals surface area contributed by atoms with E-state index in [1.165, 1.54) is 5.56 Å². The van der Waals surface area contributed by atoms with Crippen molar-refractivity contribution in [3.63, 3.8) is 0 Å². The number of carbonyl (C=O) groups excluding carboxylic acids is 1. The lowest BCUT2D eigenvalue weighted by Crippen LogP contribution is -2.39. The molecule has 0 fully saturated rings. The fraction of sp³-hybridized carbons (Fsp3) is 0.235. The highest BCUT2D eigenvalue weighted by Crippen LogP contribution is 2.25. The second kappa shape index (κ2) is 5.97. The number of hydrogen-bond donors (Lipinski definition) is 2. The molecule has 4 nitrogen and oxygen atoms in total. The van der Waals surface area contributed by atoms with Crippen LogP contribution in [0.5, 0.6) is 5.75 Å². The molecule has 0 saturated heterocycles. The van der Waals surface area contributed by atoms with E-state index in [1.807, 2.05) is 30.3 Å². The van der Waals surface area contributed by atoms with Gasteiger partial charge in [-0.2, -0.15) is 0 Å². The zero-order valence-electron chi connectivity index (χ0n) is 11.7. The van der Waals surface area contributed by atoms with Crippen LogP contribution in [0.2, 0.25) is 0 Å². The van der Waals surface area contributed by atoms with Gasteiger partial charge >= 0.3 is 0 Å². The van der Waals surface area contributed by atoms with Crippen LogP contribution in [0.3, 0.4) is 0 Å². The number of carbonyl (C=O) groups is 1. The van der Waals surface area contributed by atoms with Gasteiger partial charge in [0, 0.05) is 18.2 Å². The maximum Gasteiger partial charge on any atom is 0.248 e. The van der Waals surface area contributed by atoms with Crippen molar-refractivity contribution in [3.8, 4) is 5.75 Å². The summed E-state index contributed by atoms with van der Waals surface area (Å²) in [5, 5.41) is 3.49. The minimum Gasteiger partial charge on any atom is -0.492 e. The minimum absolute atomic E-state index is 0.237. The number of rotatable bonds is 4. The van der Waals surface area contributed by atoms with Crippen molar-refractivity contribution in [1.29, 1.82) is 0 Å². The van der Waals surface area contributed by atoms with E-state index >= 15 is 0 Å². The molecule has 0 bridgehead atoms. The van der Waals surface area contributed by atoms with Crippen LogP contribution in [0.25, 0.3) is 0 Å². The summed E-state index contributed by atoms with van der Waals surface area (Å²) in [5.41, 5.74) is 8.12. The van der Waals surface area contributed by atoms with Crippen LogP contribution in [0.1, 0.15) is 21.5 Å². The number of amides is 1. The second-order valence-electron chi connectivity index (χ2n) is 5.27. The fourth-order valence-electron chi connectivity index (χ4n) is 2.54. The van der Waals surface area contributed by atoms with Gasteiger partial charge < -0.3 is 15.8 Å². The molecule has 0 aromatic heterocycles. The molecule has 3 rings (SSSR count). The molecule has 2 aromatic rings. The Balaban J connectivity index is 1.66. The zero-order valence-corrected chi connectivity index (χ0v) is 11.7. The van der Waals surface area contributed by atoms with Crippen molar-refractivity contribution in [2.75, 3.05) is 6.61 Å². The number of benzene rings is 2. The highest BCUT2D eigenvalue weighted by Gasteiger charge is 2.20. The van der Waals surface area contributed by atoms with Crippen molar-refractivity contribution >= 4 is 5.91 Å². The number of fused-ring (bicyclic) bond motifs is 1. The molecule has 0 radical (unpaired) electrons. The van der Waals surface area contributed by atoms with Crippen LogP contribution >= 0.6 is 0 Å². The predicted molar refractivity (Wildman–Crippen MR) is 81.2 cm³/mol. The standard InChI is InChI=1S/C17H18N2O2/c18-17(20)13-6-7-16-14(8-13)9-15(11-21-16)19-10-12-4-2-1-3-5-12/h1-8,15,19H,9-11H2,(H2,18,20)/t15-/m0/s1. The molecule has 1 aliphatic rings. The number of primary amides is 1. The smallest absolute Gasteiger partial charge is 0.248 e. The van der Waals surface area contributed by atoms with Crippen LogP contribution in [0.4, 0.5) is 0 Å². The Bertz CT molecular complexity index is 640. The van der Waals surface area contributed by atoms with Crippen molar-refractivity contribution in [1.82, 2.24) is 5.32 Å². The molecule has 1 heterocycles. The summed E-state index contributed by atoms with van der Waals surface area (Å²) in [6, 6.07) is 15.8. The van der Waals surface area contributed by atoms with Gasteiger partial charge in [0.2, 0.25) is 5.91 Å². The first-order valence-electron chi connectivity index (χ1n) is 7.05. The summed E-state index contributed by atoms with van der Waals surface area (Å²) in [6.45, 7) is 1.44. The summed E-state index contributed by atoms with van der Waals surface area (Å²) in [5.74, 6) is 0.440. The number of nitrogens with one attached hydrogen (secondary N) is 1. The van der Waals surface area contributed by atoms with Crippen molar-refractivity contribution in [3.05, 3.63) is 65.2 Å². The molecule has 108 valence electrons. The van der Waals surface area contributed by atoms with Gasteiger partial charge in [-0.3, -0.25) is 4.79 Å². The summed E-state index contributed by atoms with van der Waals surface area (Å²) in [6.07, 6.45) is 0.837. The van der Waals surface area contributed by atoms with Gasteiger partial charge in [-0.25, -0.2) is 0 Å². The van der Waals surface area contributed by atoms with E-state index in [2.05, 4.69) is 17.4 Å². The lowest BCUT2D eigenvalue weighted by atomic mass is 10.00. The van der Waals surface area contributed by atoms with Crippen LogP contribution < -0.4 is 15.8 Å².